The van der Waals surface area contributed by atoms with Gasteiger partial charge in [0.1, 0.15) is 6.10 Å². The van der Waals surface area contributed by atoms with E-state index in [2.05, 4.69) is 50.2 Å². The average molecular weight is 620 g/mol. The predicted octanol–water partition coefficient (Wildman–Crippen LogP) is 9.67. The van der Waals surface area contributed by atoms with Crippen LogP contribution in [0.1, 0.15) is 73.6 Å². The number of rotatable bonds is 13. The maximum Gasteiger partial charge on any atom is 0.158 e. The number of hydrogen-bond acceptors (Lipinski definition) is 7. The molecule has 43 heavy (non-hydrogen) atoms. The summed E-state index contributed by atoms with van der Waals surface area (Å²) in [6.45, 7) is 4.98. The molecule has 1 fully saturated rings. The van der Waals surface area contributed by atoms with E-state index in [1.54, 1.807) is 6.26 Å². The molecule has 1 aliphatic rings. The van der Waals surface area contributed by atoms with Crippen molar-refractivity contribution >= 4 is 46.7 Å². The lowest BCUT2D eigenvalue weighted by atomic mass is 9.89. The number of ether oxygens (including phenoxy) is 2. The van der Waals surface area contributed by atoms with E-state index < -0.39 is 5.60 Å². The minimum Gasteiger partial charge on any atom is -0.353 e. The van der Waals surface area contributed by atoms with Gasteiger partial charge in [-0.25, -0.2) is 4.98 Å². The fourth-order valence-corrected chi connectivity index (χ4v) is 5.67. The Kier molecular flexibility index (Phi) is 11.3. The van der Waals surface area contributed by atoms with Gasteiger partial charge in [-0.1, -0.05) is 77.3 Å². The maximum atomic E-state index is 6.46. The molecule has 1 saturated heterocycles. The summed E-state index contributed by atoms with van der Waals surface area (Å²) >= 11 is 7.25. The number of benzene rings is 3. The molecule has 1 unspecified atom stereocenters. The lowest BCUT2D eigenvalue weighted by Gasteiger charge is -2.34. The van der Waals surface area contributed by atoms with Crippen LogP contribution in [0.2, 0.25) is 5.02 Å². The Morgan fingerprint density at radius 2 is 1.88 bits per heavy atom. The first-order valence-corrected chi connectivity index (χ1v) is 16.2. The molecule has 4 aromatic rings. The Balaban J connectivity index is 1.32. The van der Waals surface area contributed by atoms with Crippen LogP contribution in [-0.2, 0) is 35.8 Å². The van der Waals surface area contributed by atoms with Crippen molar-refractivity contribution in [3.63, 3.8) is 0 Å². The van der Waals surface area contributed by atoms with E-state index in [1.165, 1.54) is 5.56 Å². The summed E-state index contributed by atoms with van der Waals surface area (Å²) < 4.78 is 17.4. The quantitative estimate of drug-likeness (QED) is 0.0639. The van der Waals surface area contributed by atoms with Crippen LogP contribution in [0.3, 0.4) is 0 Å². The Morgan fingerprint density at radius 1 is 1.02 bits per heavy atom. The van der Waals surface area contributed by atoms with E-state index in [4.69, 9.17) is 40.3 Å². The zero-order valence-electron chi connectivity index (χ0n) is 24.8. The Labute approximate surface area is 263 Å². The van der Waals surface area contributed by atoms with Gasteiger partial charge >= 0.3 is 0 Å². The molecule has 0 aliphatic carbocycles. The highest BCUT2D eigenvalue weighted by Crippen LogP contribution is 2.34. The number of nitrogens with zero attached hydrogens (tertiary/aromatic N) is 1. The van der Waals surface area contributed by atoms with Crippen LogP contribution in [0.15, 0.2) is 78.9 Å². The Hall–Kier alpha value is -2.75. The maximum absolute atomic E-state index is 6.46. The minimum atomic E-state index is -0.500. The van der Waals surface area contributed by atoms with E-state index in [0.29, 0.717) is 11.4 Å². The van der Waals surface area contributed by atoms with Crippen molar-refractivity contribution in [3.05, 3.63) is 112 Å². The molecule has 226 valence electrons. The number of hydrogen-bond donors (Lipinski definition) is 0. The molecule has 1 aliphatic heterocycles. The summed E-state index contributed by atoms with van der Waals surface area (Å²) in [4.78, 5) is 10.5. The lowest BCUT2D eigenvalue weighted by Crippen LogP contribution is -2.33. The van der Waals surface area contributed by atoms with Crippen molar-refractivity contribution in [1.29, 1.82) is 0 Å². The zero-order valence-corrected chi connectivity index (χ0v) is 26.4. The molecule has 0 N–H and O–H groups in total. The lowest BCUT2D eigenvalue weighted by molar-refractivity contribution is -0.480. The van der Waals surface area contributed by atoms with Crippen LogP contribution < -0.4 is 0 Å². The zero-order chi connectivity index (χ0) is 30.1. The van der Waals surface area contributed by atoms with Gasteiger partial charge in [0.05, 0.1) is 16.8 Å². The first-order valence-electron chi connectivity index (χ1n) is 14.7. The van der Waals surface area contributed by atoms with Gasteiger partial charge < -0.3 is 9.47 Å². The second kappa shape index (κ2) is 15.3. The topological polar surface area (TPSA) is 59.0 Å². The smallest absolute Gasteiger partial charge is 0.158 e. The van der Waals surface area contributed by atoms with Crippen LogP contribution in [0, 0.1) is 0 Å². The van der Waals surface area contributed by atoms with Crippen LogP contribution in [0.25, 0.3) is 23.1 Å². The second-order valence-corrected chi connectivity index (χ2v) is 12.0. The van der Waals surface area contributed by atoms with Crippen LogP contribution >= 0.6 is 23.6 Å². The summed E-state index contributed by atoms with van der Waals surface area (Å²) in [6, 6.07) is 26.4. The first-order chi connectivity index (χ1) is 20.9. The van der Waals surface area contributed by atoms with Crippen molar-refractivity contribution < 1.29 is 23.7 Å². The molecule has 2 heterocycles. The molecule has 6 nitrogen and oxygen atoms in total. The van der Waals surface area contributed by atoms with Gasteiger partial charge in [0.15, 0.2) is 6.29 Å². The molecular formula is C35H38ClNO5S. The van der Waals surface area contributed by atoms with Crippen LogP contribution in [0.5, 0.6) is 0 Å². The minimum absolute atomic E-state index is 0.177. The van der Waals surface area contributed by atoms with Gasteiger partial charge in [-0.05, 0) is 98.5 Å². The monoisotopic (exact) mass is 619 g/mol. The number of pyridine rings is 1. The highest BCUT2D eigenvalue weighted by molar-refractivity contribution is 7.93. The van der Waals surface area contributed by atoms with Crippen molar-refractivity contribution in [2.45, 2.75) is 63.9 Å². The Morgan fingerprint density at radius 3 is 2.72 bits per heavy atom. The highest BCUT2D eigenvalue weighted by Gasteiger charge is 2.29. The van der Waals surface area contributed by atoms with Crippen molar-refractivity contribution in [2.24, 2.45) is 0 Å². The van der Waals surface area contributed by atoms with Crippen LogP contribution in [-0.4, -0.2) is 24.1 Å². The van der Waals surface area contributed by atoms with E-state index in [0.717, 1.165) is 77.6 Å². The standard InChI is InChI=1S/C35H38ClNO5S/c1-35(2,39-34-13-6-7-22-38-34)31-12-5-4-10-26(31)17-21-33(40-41-42-43-3)28-11-8-9-25(23-28)14-19-30-20-16-27-15-18-29(36)24-32(27)37-30/h4-5,8-12,14-16,18-20,23-24,33-34H,6-7,13,17,21-22H2,1-3H3/t33-,34?/m0/s1. The largest absolute Gasteiger partial charge is 0.353 e. The molecule has 2 atom stereocenters. The molecular weight excluding hydrogens is 582 g/mol. The molecule has 0 amide bonds. The number of aromatic nitrogens is 1. The fraction of sp³-hybridized carbons (Fsp3) is 0.343. The molecule has 0 spiro atoms. The third kappa shape index (κ3) is 8.89. The van der Waals surface area contributed by atoms with Crippen molar-refractivity contribution in [3.8, 4) is 0 Å². The van der Waals surface area contributed by atoms with Gasteiger partial charge in [0.25, 0.3) is 0 Å². The van der Waals surface area contributed by atoms with E-state index in [1.807, 2.05) is 54.6 Å². The van der Waals surface area contributed by atoms with Gasteiger partial charge in [0.2, 0.25) is 0 Å². The summed E-state index contributed by atoms with van der Waals surface area (Å²) in [5.74, 6) is 0. The van der Waals surface area contributed by atoms with Gasteiger partial charge in [-0.3, -0.25) is 0 Å². The fourth-order valence-electron chi connectivity index (χ4n) is 5.41. The molecule has 0 saturated carbocycles. The molecule has 1 aromatic heterocycles. The second-order valence-electron chi connectivity index (χ2n) is 11.1. The third-order valence-corrected chi connectivity index (χ3v) is 7.99. The van der Waals surface area contributed by atoms with Gasteiger partial charge in [-0.2, -0.15) is 4.89 Å². The molecule has 0 radical (unpaired) electrons. The number of fused-ring (bicyclic) bond motifs is 1. The molecule has 8 heteroatoms. The van der Waals surface area contributed by atoms with Gasteiger partial charge in [0, 0.05) is 35.3 Å². The molecule has 3 aromatic carbocycles. The van der Waals surface area contributed by atoms with E-state index in [-0.39, 0.29) is 12.4 Å². The predicted molar refractivity (Wildman–Crippen MR) is 174 cm³/mol. The summed E-state index contributed by atoms with van der Waals surface area (Å²) in [6.07, 6.45) is 9.84. The summed E-state index contributed by atoms with van der Waals surface area (Å²) in [5.41, 5.74) is 5.56. The van der Waals surface area contributed by atoms with E-state index >= 15 is 0 Å². The first kappa shape index (κ1) is 31.7. The van der Waals surface area contributed by atoms with E-state index in [9.17, 15) is 0 Å². The van der Waals surface area contributed by atoms with Gasteiger partial charge in [-0.15, -0.1) is 4.33 Å². The number of halogens is 1. The van der Waals surface area contributed by atoms with Crippen molar-refractivity contribution in [2.75, 3.05) is 12.9 Å². The van der Waals surface area contributed by atoms with Crippen LogP contribution in [0.4, 0.5) is 0 Å². The molecule has 5 rings (SSSR count). The summed E-state index contributed by atoms with van der Waals surface area (Å²) in [7, 11) is 0. The normalized spacial score (nSPS) is 16.6. The Bertz CT molecular complexity index is 1520. The highest BCUT2D eigenvalue weighted by atomic mass is 35.5. The summed E-state index contributed by atoms with van der Waals surface area (Å²) in [5, 5.41) is 6.81. The van der Waals surface area contributed by atoms with Crippen molar-refractivity contribution in [1.82, 2.24) is 4.98 Å². The SMILES string of the molecule is CSOOO[C@@H](CCc1ccccc1C(C)(C)OC1CCCCO1)c1cccc(C=Cc2ccc3ccc(Cl)cc3n2)c1. The molecule has 0 bridgehead atoms. The third-order valence-electron chi connectivity index (χ3n) is 7.56. The number of aryl methyl sites for hydroxylation is 1. The average Bonchev–Trinajstić information content (AvgIpc) is 3.02.